The number of benzene rings is 1. The Hall–Kier alpha value is -2.30. The van der Waals surface area contributed by atoms with Crippen LogP contribution in [0.5, 0.6) is 0 Å². The van der Waals surface area contributed by atoms with Crippen molar-refractivity contribution in [2.45, 2.75) is 39.5 Å². The quantitative estimate of drug-likeness (QED) is 0.827. The van der Waals surface area contributed by atoms with Gasteiger partial charge in [-0.05, 0) is 49.9 Å². The first-order chi connectivity index (χ1) is 13.2. The standard InChI is InChI=1S/C22H31N5/c1-18-8-7-9-20(19(18)2)25-14-16-27(17-15-25)22-23-11-10-21(24-22)26-12-5-3-4-6-13-26/h7-11H,3-6,12-17H2,1-2H3. The van der Waals surface area contributed by atoms with E-state index in [0.717, 1.165) is 51.0 Å². The molecule has 3 heterocycles. The molecule has 1 aromatic heterocycles. The normalized spacial score (nSPS) is 18.5. The second-order valence-corrected chi connectivity index (χ2v) is 7.81. The van der Waals surface area contributed by atoms with E-state index in [1.807, 2.05) is 6.20 Å². The lowest BCUT2D eigenvalue weighted by Gasteiger charge is -2.37. The van der Waals surface area contributed by atoms with Gasteiger partial charge in [-0.15, -0.1) is 0 Å². The number of hydrogen-bond donors (Lipinski definition) is 0. The molecule has 0 spiro atoms. The van der Waals surface area contributed by atoms with Crippen LogP contribution in [-0.4, -0.2) is 49.2 Å². The van der Waals surface area contributed by atoms with E-state index in [4.69, 9.17) is 4.98 Å². The van der Waals surface area contributed by atoms with Crippen LogP contribution in [0, 0.1) is 13.8 Å². The molecule has 5 heteroatoms. The first-order valence-electron chi connectivity index (χ1n) is 10.4. The van der Waals surface area contributed by atoms with Crippen LogP contribution in [0.25, 0.3) is 0 Å². The lowest BCUT2D eigenvalue weighted by molar-refractivity contribution is 0.637. The Balaban J connectivity index is 1.43. The summed E-state index contributed by atoms with van der Waals surface area (Å²) >= 11 is 0. The molecule has 0 N–H and O–H groups in total. The van der Waals surface area contributed by atoms with Gasteiger partial charge < -0.3 is 14.7 Å². The summed E-state index contributed by atoms with van der Waals surface area (Å²) in [6.45, 7) is 10.6. The third-order valence-electron chi connectivity index (χ3n) is 6.04. The van der Waals surface area contributed by atoms with Crippen LogP contribution >= 0.6 is 0 Å². The van der Waals surface area contributed by atoms with Gasteiger partial charge in [-0.3, -0.25) is 0 Å². The minimum absolute atomic E-state index is 0.886. The molecular formula is C22H31N5. The van der Waals surface area contributed by atoms with Gasteiger partial charge in [0.15, 0.2) is 0 Å². The predicted molar refractivity (Wildman–Crippen MR) is 113 cm³/mol. The van der Waals surface area contributed by atoms with Gasteiger partial charge in [-0.2, -0.15) is 4.98 Å². The fourth-order valence-electron chi connectivity index (χ4n) is 4.19. The van der Waals surface area contributed by atoms with E-state index >= 15 is 0 Å². The summed E-state index contributed by atoms with van der Waals surface area (Å²) in [7, 11) is 0. The molecule has 144 valence electrons. The van der Waals surface area contributed by atoms with Crippen LogP contribution in [0.2, 0.25) is 0 Å². The smallest absolute Gasteiger partial charge is 0.227 e. The molecule has 0 saturated carbocycles. The van der Waals surface area contributed by atoms with Crippen molar-refractivity contribution in [3.8, 4) is 0 Å². The van der Waals surface area contributed by atoms with E-state index in [1.54, 1.807) is 0 Å². The van der Waals surface area contributed by atoms with Crippen molar-refractivity contribution in [2.75, 3.05) is 54.0 Å². The van der Waals surface area contributed by atoms with Gasteiger partial charge in [0.25, 0.3) is 0 Å². The molecule has 0 atom stereocenters. The Morgan fingerprint density at radius 3 is 2.19 bits per heavy atom. The highest BCUT2D eigenvalue weighted by Crippen LogP contribution is 2.25. The Morgan fingerprint density at radius 2 is 1.44 bits per heavy atom. The molecule has 2 aromatic rings. The van der Waals surface area contributed by atoms with Crippen molar-refractivity contribution in [1.82, 2.24) is 9.97 Å². The molecule has 0 radical (unpaired) electrons. The van der Waals surface area contributed by atoms with Crippen LogP contribution in [0.15, 0.2) is 30.5 Å². The number of aryl methyl sites for hydroxylation is 1. The highest BCUT2D eigenvalue weighted by Gasteiger charge is 2.21. The van der Waals surface area contributed by atoms with Gasteiger partial charge in [0, 0.05) is 51.2 Å². The minimum Gasteiger partial charge on any atom is -0.368 e. The monoisotopic (exact) mass is 365 g/mol. The lowest BCUT2D eigenvalue weighted by atomic mass is 10.1. The second kappa shape index (κ2) is 8.15. The van der Waals surface area contributed by atoms with Crippen LogP contribution < -0.4 is 14.7 Å². The van der Waals surface area contributed by atoms with Crippen molar-refractivity contribution in [2.24, 2.45) is 0 Å². The summed E-state index contributed by atoms with van der Waals surface area (Å²) in [5.74, 6) is 1.98. The maximum Gasteiger partial charge on any atom is 0.227 e. The summed E-state index contributed by atoms with van der Waals surface area (Å²) in [6, 6.07) is 8.67. The van der Waals surface area contributed by atoms with E-state index in [9.17, 15) is 0 Å². The number of nitrogens with zero attached hydrogens (tertiary/aromatic N) is 5. The Morgan fingerprint density at radius 1 is 0.741 bits per heavy atom. The van der Waals surface area contributed by atoms with Gasteiger partial charge in [-0.1, -0.05) is 25.0 Å². The van der Waals surface area contributed by atoms with Gasteiger partial charge in [0.05, 0.1) is 0 Å². The maximum absolute atomic E-state index is 4.91. The summed E-state index contributed by atoms with van der Waals surface area (Å²) in [4.78, 5) is 16.8. The third kappa shape index (κ3) is 4.02. The molecular weight excluding hydrogens is 334 g/mol. The molecule has 1 aromatic carbocycles. The largest absolute Gasteiger partial charge is 0.368 e. The average molecular weight is 366 g/mol. The van der Waals surface area contributed by atoms with Gasteiger partial charge in [0.1, 0.15) is 5.82 Å². The van der Waals surface area contributed by atoms with E-state index in [2.05, 4.69) is 57.8 Å². The van der Waals surface area contributed by atoms with Crippen LogP contribution in [0.3, 0.4) is 0 Å². The van der Waals surface area contributed by atoms with E-state index in [-0.39, 0.29) is 0 Å². The molecule has 2 fully saturated rings. The SMILES string of the molecule is Cc1cccc(N2CCN(c3nccc(N4CCCCCC4)n3)CC2)c1C. The second-order valence-electron chi connectivity index (χ2n) is 7.81. The molecule has 2 aliphatic heterocycles. The Labute approximate surface area is 163 Å². The number of hydrogen-bond acceptors (Lipinski definition) is 5. The minimum atomic E-state index is 0.886. The van der Waals surface area contributed by atoms with Crippen LogP contribution in [0.1, 0.15) is 36.8 Å². The summed E-state index contributed by atoms with van der Waals surface area (Å²) in [5, 5.41) is 0. The van der Waals surface area contributed by atoms with Gasteiger partial charge in [-0.25, -0.2) is 4.98 Å². The first-order valence-corrected chi connectivity index (χ1v) is 10.4. The molecule has 27 heavy (non-hydrogen) atoms. The third-order valence-corrected chi connectivity index (χ3v) is 6.04. The van der Waals surface area contributed by atoms with Crippen molar-refractivity contribution in [1.29, 1.82) is 0 Å². The zero-order chi connectivity index (χ0) is 18.6. The maximum atomic E-state index is 4.91. The molecule has 4 rings (SSSR count). The van der Waals surface area contributed by atoms with Crippen molar-refractivity contribution >= 4 is 17.5 Å². The van der Waals surface area contributed by atoms with E-state index < -0.39 is 0 Å². The van der Waals surface area contributed by atoms with Crippen molar-refractivity contribution in [3.63, 3.8) is 0 Å². The summed E-state index contributed by atoms with van der Waals surface area (Å²) in [6.07, 6.45) is 7.16. The fourth-order valence-corrected chi connectivity index (χ4v) is 4.19. The van der Waals surface area contributed by atoms with Crippen molar-refractivity contribution in [3.05, 3.63) is 41.6 Å². The lowest BCUT2D eigenvalue weighted by Crippen LogP contribution is -2.47. The van der Waals surface area contributed by atoms with Crippen LogP contribution in [-0.2, 0) is 0 Å². The van der Waals surface area contributed by atoms with Gasteiger partial charge in [0.2, 0.25) is 5.95 Å². The Bertz CT molecular complexity index is 759. The average Bonchev–Trinajstić information content (AvgIpc) is 3.00. The van der Waals surface area contributed by atoms with E-state index in [0.29, 0.717) is 0 Å². The number of rotatable bonds is 3. The number of aromatic nitrogens is 2. The highest BCUT2D eigenvalue weighted by molar-refractivity contribution is 5.57. The zero-order valence-corrected chi connectivity index (χ0v) is 16.7. The molecule has 0 unspecified atom stereocenters. The predicted octanol–water partition coefficient (Wildman–Crippen LogP) is 3.80. The fraction of sp³-hybridized carbons (Fsp3) is 0.545. The number of anilines is 3. The molecule has 0 amide bonds. The molecule has 2 aliphatic rings. The molecule has 0 bridgehead atoms. The number of piperazine rings is 1. The van der Waals surface area contributed by atoms with Gasteiger partial charge >= 0.3 is 0 Å². The summed E-state index contributed by atoms with van der Waals surface area (Å²) < 4.78 is 0. The highest BCUT2D eigenvalue weighted by atomic mass is 15.3. The van der Waals surface area contributed by atoms with Crippen LogP contribution in [0.4, 0.5) is 17.5 Å². The summed E-state index contributed by atoms with van der Waals surface area (Å²) in [5.41, 5.74) is 4.13. The first kappa shape index (κ1) is 18.1. The van der Waals surface area contributed by atoms with Crippen molar-refractivity contribution < 1.29 is 0 Å². The molecule has 5 nitrogen and oxygen atoms in total. The van der Waals surface area contributed by atoms with E-state index in [1.165, 1.54) is 42.5 Å². The molecule has 0 aliphatic carbocycles. The Kier molecular flexibility index (Phi) is 5.46. The molecule has 2 saturated heterocycles. The zero-order valence-electron chi connectivity index (χ0n) is 16.7. The topological polar surface area (TPSA) is 35.5 Å².